The predicted octanol–water partition coefficient (Wildman–Crippen LogP) is 4.41. The molecule has 21 heavy (non-hydrogen) atoms. The smallest absolute Gasteiger partial charge is 0.0812 e. The average molecular weight is 283 g/mol. The van der Waals surface area contributed by atoms with Crippen molar-refractivity contribution >= 4 is 0 Å². The average Bonchev–Trinajstić information content (AvgIpc) is 2.65. The van der Waals surface area contributed by atoms with Gasteiger partial charge in [0.2, 0.25) is 0 Å². The zero-order valence-corrected chi connectivity index (χ0v) is 13.7. The molecular weight excluding hydrogens is 258 g/mol. The Morgan fingerprint density at radius 2 is 1.86 bits per heavy atom. The van der Waals surface area contributed by atoms with Crippen LogP contribution in [0.3, 0.4) is 0 Å². The molecule has 0 radical (unpaired) electrons. The van der Waals surface area contributed by atoms with E-state index in [2.05, 4.69) is 63.5 Å². The van der Waals surface area contributed by atoms with E-state index in [1.54, 1.807) is 0 Å². The fraction of sp³-hybridized carbons (Fsp3) is 0.474. The van der Waals surface area contributed by atoms with Crippen molar-refractivity contribution in [1.29, 1.82) is 0 Å². The Kier molecular flexibility index (Phi) is 3.25. The molecule has 1 aliphatic rings. The maximum absolute atomic E-state index is 10.5. The van der Waals surface area contributed by atoms with Crippen LogP contribution in [-0.4, -0.2) is 9.67 Å². The van der Waals surface area contributed by atoms with Crippen LogP contribution < -0.4 is 0 Å². The third-order valence-corrected chi connectivity index (χ3v) is 4.66. The number of aromatic nitrogens is 1. The molecule has 0 spiro atoms. The maximum Gasteiger partial charge on any atom is 0.0812 e. The number of hydrogen-bond donors (Lipinski definition) is 1. The first-order chi connectivity index (χ1) is 9.78. The normalized spacial score (nSPS) is 20.4. The highest BCUT2D eigenvalue weighted by molar-refractivity contribution is 5.49. The molecule has 1 aromatic heterocycles. The van der Waals surface area contributed by atoms with Gasteiger partial charge in [-0.2, -0.15) is 0 Å². The fourth-order valence-electron chi connectivity index (χ4n) is 3.74. The molecule has 1 aromatic carbocycles. The first kappa shape index (κ1) is 14.4. The maximum atomic E-state index is 10.5. The third-order valence-electron chi connectivity index (χ3n) is 4.66. The summed E-state index contributed by atoms with van der Waals surface area (Å²) in [7, 11) is 0. The molecule has 1 atom stereocenters. The van der Waals surface area contributed by atoms with Crippen molar-refractivity contribution in [3.8, 4) is 5.69 Å². The van der Waals surface area contributed by atoms with E-state index in [1.807, 2.05) is 0 Å². The summed E-state index contributed by atoms with van der Waals surface area (Å²) in [6.45, 7) is 10.9. The minimum absolute atomic E-state index is 0.146. The van der Waals surface area contributed by atoms with Gasteiger partial charge in [0, 0.05) is 22.6 Å². The molecule has 0 fully saturated rings. The SMILES string of the molecule is Cc1ccc(-n2c(C)cc3c2CC(C)(C)CC3O)c(C)c1. The topological polar surface area (TPSA) is 25.2 Å². The number of aliphatic hydroxyl groups excluding tert-OH is 1. The summed E-state index contributed by atoms with van der Waals surface area (Å²) in [5.41, 5.74) is 7.57. The molecule has 1 aliphatic carbocycles. The van der Waals surface area contributed by atoms with E-state index >= 15 is 0 Å². The van der Waals surface area contributed by atoms with Gasteiger partial charge in [-0.1, -0.05) is 31.5 Å². The Morgan fingerprint density at radius 1 is 1.14 bits per heavy atom. The molecule has 0 bridgehead atoms. The minimum Gasteiger partial charge on any atom is -0.388 e. The first-order valence-electron chi connectivity index (χ1n) is 7.75. The van der Waals surface area contributed by atoms with Crippen LogP contribution in [0.25, 0.3) is 5.69 Å². The molecule has 0 amide bonds. The molecule has 0 saturated heterocycles. The number of aliphatic hydroxyl groups is 1. The summed E-state index contributed by atoms with van der Waals surface area (Å²) in [5, 5.41) is 10.5. The number of rotatable bonds is 1. The lowest BCUT2D eigenvalue weighted by molar-refractivity contribution is 0.0987. The standard InChI is InChI=1S/C19H25NO/c1-12-6-7-16(13(2)8-12)20-14(3)9-15-17(20)10-19(4,5)11-18(15)21/h6-9,18,21H,10-11H2,1-5H3. The molecule has 2 aromatic rings. The lowest BCUT2D eigenvalue weighted by Crippen LogP contribution is -2.26. The summed E-state index contributed by atoms with van der Waals surface area (Å²) in [5.74, 6) is 0. The van der Waals surface area contributed by atoms with Gasteiger partial charge in [0.1, 0.15) is 0 Å². The Bertz CT molecular complexity index is 694. The van der Waals surface area contributed by atoms with Gasteiger partial charge in [0.15, 0.2) is 0 Å². The lowest BCUT2D eigenvalue weighted by Gasteiger charge is -2.34. The van der Waals surface area contributed by atoms with Crippen molar-refractivity contribution < 1.29 is 5.11 Å². The van der Waals surface area contributed by atoms with Gasteiger partial charge >= 0.3 is 0 Å². The van der Waals surface area contributed by atoms with E-state index in [-0.39, 0.29) is 11.5 Å². The van der Waals surface area contributed by atoms with Crippen LogP contribution in [0.4, 0.5) is 0 Å². The summed E-state index contributed by atoms with van der Waals surface area (Å²) in [6.07, 6.45) is 1.52. The molecule has 0 saturated carbocycles. The molecule has 1 heterocycles. The Labute approximate surface area is 127 Å². The van der Waals surface area contributed by atoms with E-state index in [1.165, 1.54) is 28.2 Å². The number of fused-ring (bicyclic) bond motifs is 1. The van der Waals surface area contributed by atoms with Gasteiger partial charge < -0.3 is 9.67 Å². The molecule has 112 valence electrons. The van der Waals surface area contributed by atoms with E-state index in [4.69, 9.17) is 0 Å². The Morgan fingerprint density at radius 3 is 2.52 bits per heavy atom. The fourth-order valence-corrected chi connectivity index (χ4v) is 3.74. The zero-order chi connectivity index (χ0) is 15.4. The molecule has 1 N–H and O–H groups in total. The molecule has 3 rings (SSSR count). The van der Waals surface area contributed by atoms with Crippen molar-refractivity contribution in [2.75, 3.05) is 0 Å². The van der Waals surface area contributed by atoms with Crippen molar-refractivity contribution in [2.24, 2.45) is 5.41 Å². The number of aryl methyl sites for hydroxylation is 3. The van der Waals surface area contributed by atoms with Gasteiger partial charge in [-0.15, -0.1) is 0 Å². The van der Waals surface area contributed by atoms with Crippen LogP contribution >= 0.6 is 0 Å². The number of nitrogens with zero attached hydrogens (tertiary/aromatic N) is 1. The van der Waals surface area contributed by atoms with Crippen molar-refractivity contribution in [1.82, 2.24) is 4.57 Å². The van der Waals surface area contributed by atoms with Gasteiger partial charge in [-0.05, 0) is 56.7 Å². The summed E-state index contributed by atoms with van der Waals surface area (Å²) < 4.78 is 2.34. The molecule has 2 nitrogen and oxygen atoms in total. The van der Waals surface area contributed by atoms with Crippen LogP contribution in [0, 0.1) is 26.2 Å². The highest BCUT2D eigenvalue weighted by atomic mass is 16.3. The molecule has 1 unspecified atom stereocenters. The van der Waals surface area contributed by atoms with Gasteiger partial charge in [0.05, 0.1) is 6.10 Å². The second-order valence-corrected chi connectivity index (χ2v) is 7.37. The first-order valence-corrected chi connectivity index (χ1v) is 7.75. The van der Waals surface area contributed by atoms with Crippen LogP contribution in [0.2, 0.25) is 0 Å². The Balaban J connectivity index is 2.21. The van der Waals surface area contributed by atoms with Crippen LogP contribution in [0.15, 0.2) is 24.3 Å². The van der Waals surface area contributed by atoms with Crippen molar-refractivity contribution in [3.63, 3.8) is 0 Å². The minimum atomic E-state index is -0.338. The molecule has 0 aliphatic heterocycles. The number of hydrogen-bond acceptors (Lipinski definition) is 1. The monoisotopic (exact) mass is 283 g/mol. The lowest BCUT2D eigenvalue weighted by atomic mass is 9.75. The van der Waals surface area contributed by atoms with Gasteiger partial charge in [-0.25, -0.2) is 0 Å². The highest BCUT2D eigenvalue weighted by Crippen LogP contribution is 2.43. The van der Waals surface area contributed by atoms with E-state index < -0.39 is 0 Å². The van der Waals surface area contributed by atoms with Crippen molar-refractivity contribution in [2.45, 2.75) is 53.6 Å². The van der Waals surface area contributed by atoms with Crippen LogP contribution in [0.5, 0.6) is 0 Å². The summed E-state index contributed by atoms with van der Waals surface area (Å²) in [4.78, 5) is 0. The van der Waals surface area contributed by atoms with Crippen LogP contribution in [-0.2, 0) is 6.42 Å². The van der Waals surface area contributed by atoms with Crippen LogP contribution in [0.1, 0.15) is 54.5 Å². The van der Waals surface area contributed by atoms with Gasteiger partial charge in [0.25, 0.3) is 0 Å². The summed E-state index contributed by atoms with van der Waals surface area (Å²) >= 11 is 0. The zero-order valence-electron chi connectivity index (χ0n) is 13.7. The van der Waals surface area contributed by atoms with E-state index in [0.717, 1.165) is 18.4 Å². The third kappa shape index (κ3) is 2.42. The quantitative estimate of drug-likeness (QED) is 0.824. The number of benzene rings is 1. The predicted molar refractivity (Wildman–Crippen MR) is 87.0 cm³/mol. The van der Waals surface area contributed by atoms with Gasteiger partial charge in [-0.3, -0.25) is 0 Å². The second kappa shape index (κ2) is 4.74. The highest BCUT2D eigenvalue weighted by Gasteiger charge is 2.34. The Hall–Kier alpha value is -1.54. The van der Waals surface area contributed by atoms with E-state index in [0.29, 0.717) is 0 Å². The second-order valence-electron chi connectivity index (χ2n) is 7.37. The van der Waals surface area contributed by atoms with Crippen molar-refractivity contribution in [3.05, 3.63) is 52.3 Å². The largest absolute Gasteiger partial charge is 0.388 e. The molecule has 2 heteroatoms. The molecular formula is C19H25NO. The van der Waals surface area contributed by atoms with E-state index in [9.17, 15) is 5.11 Å². The summed E-state index contributed by atoms with van der Waals surface area (Å²) in [6, 6.07) is 8.75.